The maximum Gasteiger partial charge on any atom is 0.220 e. The standard InChI is InChI=1S/C23H43N3O/c1-3-4-5-6-7-8-9-10-11-12-13-14-15-16-17-18-22(27)26-21(2)23-24-19-20-25-23/h10-11,21H,3-9,12-20H2,1-2H3,(H,24,25)(H,26,27)/b11-10-. The highest BCUT2D eigenvalue weighted by Gasteiger charge is 2.15. The first kappa shape index (κ1) is 23.7. The number of amidine groups is 1. The van der Waals surface area contributed by atoms with Crippen molar-refractivity contribution < 1.29 is 4.79 Å². The Morgan fingerprint density at radius 2 is 1.59 bits per heavy atom. The molecule has 0 radical (unpaired) electrons. The van der Waals surface area contributed by atoms with Gasteiger partial charge < -0.3 is 10.6 Å². The lowest BCUT2D eigenvalue weighted by Gasteiger charge is -2.14. The fourth-order valence-corrected chi connectivity index (χ4v) is 3.44. The summed E-state index contributed by atoms with van der Waals surface area (Å²) in [6.45, 7) is 5.98. The quantitative estimate of drug-likeness (QED) is 0.259. The van der Waals surface area contributed by atoms with Gasteiger partial charge in [0.2, 0.25) is 5.91 Å². The first-order valence-electron chi connectivity index (χ1n) is 11.5. The van der Waals surface area contributed by atoms with Crippen molar-refractivity contribution in [3.8, 4) is 0 Å². The predicted octanol–water partition coefficient (Wildman–Crippen LogP) is 5.53. The average molecular weight is 378 g/mol. The molecule has 4 nitrogen and oxygen atoms in total. The van der Waals surface area contributed by atoms with Crippen molar-refractivity contribution in [1.29, 1.82) is 0 Å². The van der Waals surface area contributed by atoms with E-state index >= 15 is 0 Å². The number of amides is 1. The molecular weight excluding hydrogens is 334 g/mol. The Hall–Kier alpha value is -1.32. The third-order valence-electron chi connectivity index (χ3n) is 5.15. The van der Waals surface area contributed by atoms with Gasteiger partial charge in [0, 0.05) is 13.0 Å². The number of unbranched alkanes of at least 4 members (excludes halogenated alkanes) is 11. The van der Waals surface area contributed by atoms with Crippen LogP contribution < -0.4 is 10.6 Å². The molecule has 1 aliphatic rings. The third-order valence-corrected chi connectivity index (χ3v) is 5.15. The summed E-state index contributed by atoms with van der Waals surface area (Å²) >= 11 is 0. The van der Waals surface area contributed by atoms with Crippen molar-refractivity contribution in [3.05, 3.63) is 12.2 Å². The van der Waals surface area contributed by atoms with E-state index < -0.39 is 0 Å². The van der Waals surface area contributed by atoms with Crippen LogP contribution in [-0.2, 0) is 4.79 Å². The van der Waals surface area contributed by atoms with Gasteiger partial charge in [-0.15, -0.1) is 0 Å². The van der Waals surface area contributed by atoms with Crippen LogP contribution in [0.4, 0.5) is 0 Å². The van der Waals surface area contributed by atoms with Gasteiger partial charge in [0.15, 0.2) is 0 Å². The molecular formula is C23H43N3O. The van der Waals surface area contributed by atoms with Gasteiger partial charge in [-0.25, -0.2) is 0 Å². The second-order valence-corrected chi connectivity index (χ2v) is 7.82. The van der Waals surface area contributed by atoms with Crippen LogP contribution in [0.25, 0.3) is 0 Å². The fraction of sp³-hybridized carbons (Fsp3) is 0.826. The number of hydrogen-bond acceptors (Lipinski definition) is 3. The van der Waals surface area contributed by atoms with E-state index in [1.807, 2.05) is 6.92 Å². The SMILES string of the molecule is CCCCCCCC/C=C\CCCCCCCC(=O)NC(C)C1=NCCN1. The fourth-order valence-electron chi connectivity index (χ4n) is 3.44. The van der Waals surface area contributed by atoms with Crippen molar-refractivity contribution in [2.45, 2.75) is 110 Å². The molecule has 1 amide bonds. The van der Waals surface area contributed by atoms with E-state index in [2.05, 4.69) is 34.7 Å². The molecule has 156 valence electrons. The number of allylic oxidation sites excluding steroid dienone is 2. The molecule has 0 aromatic heterocycles. The summed E-state index contributed by atoms with van der Waals surface area (Å²) in [5.74, 6) is 1.07. The van der Waals surface area contributed by atoms with Crippen molar-refractivity contribution in [3.63, 3.8) is 0 Å². The molecule has 1 rings (SSSR count). The molecule has 0 bridgehead atoms. The molecule has 1 atom stereocenters. The van der Waals surface area contributed by atoms with E-state index in [1.54, 1.807) is 0 Å². The van der Waals surface area contributed by atoms with Crippen LogP contribution in [0.15, 0.2) is 17.1 Å². The zero-order chi connectivity index (χ0) is 19.6. The molecule has 0 fully saturated rings. The molecule has 4 heteroatoms. The van der Waals surface area contributed by atoms with Crippen LogP contribution in [0.1, 0.15) is 104 Å². The molecule has 2 N–H and O–H groups in total. The van der Waals surface area contributed by atoms with E-state index in [-0.39, 0.29) is 11.9 Å². The minimum atomic E-state index is 0.0168. The number of hydrogen-bond donors (Lipinski definition) is 2. The van der Waals surface area contributed by atoms with Crippen LogP contribution in [0.5, 0.6) is 0 Å². The van der Waals surface area contributed by atoms with Gasteiger partial charge in [0.1, 0.15) is 5.84 Å². The lowest BCUT2D eigenvalue weighted by Crippen LogP contribution is -2.43. The molecule has 0 saturated heterocycles. The van der Waals surface area contributed by atoms with E-state index in [1.165, 1.54) is 70.6 Å². The van der Waals surface area contributed by atoms with Crippen molar-refractivity contribution in [2.75, 3.05) is 13.1 Å². The predicted molar refractivity (Wildman–Crippen MR) is 117 cm³/mol. The second kappa shape index (κ2) is 16.8. The largest absolute Gasteiger partial charge is 0.370 e. The number of aliphatic imine (C=N–C) groups is 1. The molecule has 0 saturated carbocycles. The van der Waals surface area contributed by atoms with E-state index in [4.69, 9.17) is 0 Å². The lowest BCUT2D eigenvalue weighted by atomic mass is 10.1. The van der Waals surface area contributed by atoms with Gasteiger partial charge in [-0.2, -0.15) is 0 Å². The number of nitrogens with one attached hydrogen (secondary N) is 2. The summed E-state index contributed by atoms with van der Waals surface area (Å²) in [5.41, 5.74) is 0. The molecule has 0 aromatic rings. The van der Waals surface area contributed by atoms with E-state index in [9.17, 15) is 4.79 Å². The number of carbonyl (C=O) groups is 1. The van der Waals surface area contributed by atoms with Crippen LogP contribution in [0.3, 0.4) is 0 Å². The molecule has 27 heavy (non-hydrogen) atoms. The first-order valence-corrected chi connectivity index (χ1v) is 11.5. The van der Waals surface area contributed by atoms with Crippen molar-refractivity contribution in [1.82, 2.24) is 10.6 Å². The first-order chi connectivity index (χ1) is 13.2. The van der Waals surface area contributed by atoms with Gasteiger partial charge in [0.25, 0.3) is 0 Å². The Morgan fingerprint density at radius 1 is 1.00 bits per heavy atom. The van der Waals surface area contributed by atoms with Crippen LogP contribution >= 0.6 is 0 Å². The summed E-state index contributed by atoms with van der Waals surface area (Å²) in [7, 11) is 0. The Kier molecular flexibility index (Phi) is 14.8. The normalized spacial score (nSPS) is 15.0. The summed E-state index contributed by atoms with van der Waals surface area (Å²) in [4.78, 5) is 16.3. The zero-order valence-corrected chi connectivity index (χ0v) is 17.9. The van der Waals surface area contributed by atoms with Crippen molar-refractivity contribution in [2.24, 2.45) is 4.99 Å². The van der Waals surface area contributed by atoms with Crippen LogP contribution in [-0.4, -0.2) is 30.9 Å². The Morgan fingerprint density at radius 3 is 2.19 bits per heavy atom. The minimum Gasteiger partial charge on any atom is -0.370 e. The maximum absolute atomic E-state index is 11.9. The summed E-state index contributed by atoms with van der Waals surface area (Å²) in [5, 5.41) is 6.24. The Balaban J connectivity index is 1.83. The smallest absolute Gasteiger partial charge is 0.220 e. The molecule has 1 aliphatic heterocycles. The second-order valence-electron chi connectivity index (χ2n) is 7.82. The molecule has 0 spiro atoms. The van der Waals surface area contributed by atoms with E-state index in [0.717, 1.165) is 31.8 Å². The highest BCUT2D eigenvalue weighted by Crippen LogP contribution is 2.10. The monoisotopic (exact) mass is 377 g/mol. The Bertz CT molecular complexity index is 431. The van der Waals surface area contributed by atoms with Crippen LogP contribution in [0.2, 0.25) is 0 Å². The van der Waals surface area contributed by atoms with Gasteiger partial charge in [-0.3, -0.25) is 9.79 Å². The average Bonchev–Trinajstić information content (AvgIpc) is 3.20. The topological polar surface area (TPSA) is 53.5 Å². The minimum absolute atomic E-state index is 0.0168. The highest BCUT2D eigenvalue weighted by atomic mass is 16.1. The Labute approximate surface area is 167 Å². The van der Waals surface area contributed by atoms with Gasteiger partial charge in [-0.05, 0) is 39.0 Å². The van der Waals surface area contributed by atoms with Gasteiger partial charge in [-0.1, -0.05) is 70.4 Å². The highest BCUT2D eigenvalue weighted by molar-refractivity contribution is 5.92. The molecule has 1 heterocycles. The molecule has 0 aromatic carbocycles. The third kappa shape index (κ3) is 13.5. The number of rotatable bonds is 17. The summed E-state index contributed by atoms with van der Waals surface area (Å²) < 4.78 is 0. The number of carbonyl (C=O) groups excluding carboxylic acids is 1. The van der Waals surface area contributed by atoms with Gasteiger partial charge >= 0.3 is 0 Å². The van der Waals surface area contributed by atoms with Gasteiger partial charge in [0.05, 0.1) is 12.6 Å². The van der Waals surface area contributed by atoms with E-state index in [0.29, 0.717) is 6.42 Å². The lowest BCUT2D eigenvalue weighted by molar-refractivity contribution is -0.121. The molecule has 1 unspecified atom stereocenters. The molecule has 0 aliphatic carbocycles. The zero-order valence-electron chi connectivity index (χ0n) is 17.9. The summed E-state index contributed by atoms with van der Waals surface area (Å²) in [6, 6.07) is 0.0168. The maximum atomic E-state index is 11.9. The summed E-state index contributed by atoms with van der Waals surface area (Å²) in [6.07, 6.45) is 22.1. The van der Waals surface area contributed by atoms with Crippen molar-refractivity contribution >= 4 is 11.7 Å². The number of nitrogens with zero attached hydrogens (tertiary/aromatic N) is 1. The van der Waals surface area contributed by atoms with Crippen LogP contribution in [0, 0.1) is 0 Å².